The van der Waals surface area contributed by atoms with E-state index in [1.807, 2.05) is 49.6 Å². The maximum atomic E-state index is 13.3. The van der Waals surface area contributed by atoms with Crippen molar-refractivity contribution in [3.05, 3.63) is 58.3 Å². The summed E-state index contributed by atoms with van der Waals surface area (Å²) in [6, 6.07) is 10.3. The van der Waals surface area contributed by atoms with Crippen LogP contribution in [0.5, 0.6) is 0 Å². The van der Waals surface area contributed by atoms with Crippen LogP contribution in [0.4, 0.5) is 4.79 Å². The molecule has 6 nitrogen and oxygen atoms in total. The van der Waals surface area contributed by atoms with Gasteiger partial charge >= 0.3 is 6.09 Å². The van der Waals surface area contributed by atoms with Crippen LogP contribution in [0.15, 0.2) is 47.2 Å². The highest BCUT2D eigenvalue weighted by Crippen LogP contribution is 2.23. The predicted molar refractivity (Wildman–Crippen MR) is 152 cm³/mol. The largest absolute Gasteiger partial charge is 0.449 e. The van der Waals surface area contributed by atoms with Crippen molar-refractivity contribution in [2.75, 3.05) is 12.4 Å². The number of hydrogen-bond acceptors (Lipinski definition) is 6. The van der Waals surface area contributed by atoms with Gasteiger partial charge < -0.3 is 15.4 Å². The van der Waals surface area contributed by atoms with Crippen LogP contribution in [0.2, 0.25) is 0 Å². The number of hydrogen-bond donors (Lipinski definition) is 2. The standard InChI is InChI=1S/C29H40N2O4S2/c1-21(2)15-26(31-29(34)35-17-23-11-7-4-8-12-23)28(33)30-25(16-22-9-5-3-6-10-22)27(32)20-37-19-24-13-14-36-18-24/h3,5-6,9-10,13-14,18,21,23,25-26H,4,7-8,11-12,15-17,19-20H2,1-2H3,(H,30,33)(H,31,34)/t25-,26-/m0/s1. The van der Waals surface area contributed by atoms with Crippen molar-refractivity contribution in [3.63, 3.8) is 0 Å². The molecule has 1 heterocycles. The quantitative estimate of drug-likeness (QED) is 0.305. The van der Waals surface area contributed by atoms with E-state index in [0.29, 0.717) is 31.1 Å². The van der Waals surface area contributed by atoms with Gasteiger partial charge in [0.25, 0.3) is 0 Å². The van der Waals surface area contributed by atoms with Gasteiger partial charge in [-0.05, 0) is 65.5 Å². The number of thiophene rings is 1. The zero-order valence-electron chi connectivity index (χ0n) is 21.9. The smallest absolute Gasteiger partial charge is 0.407 e. The van der Waals surface area contributed by atoms with E-state index in [-0.39, 0.29) is 17.6 Å². The number of amides is 2. The van der Waals surface area contributed by atoms with Gasteiger partial charge in [-0.1, -0.05) is 63.4 Å². The lowest BCUT2D eigenvalue weighted by Crippen LogP contribution is -2.53. The van der Waals surface area contributed by atoms with Crippen LogP contribution in [-0.4, -0.2) is 42.2 Å². The summed E-state index contributed by atoms with van der Waals surface area (Å²) in [6.07, 6.45) is 6.06. The molecule has 202 valence electrons. The van der Waals surface area contributed by atoms with Crippen molar-refractivity contribution < 1.29 is 19.1 Å². The first kappa shape index (κ1) is 29.2. The summed E-state index contributed by atoms with van der Waals surface area (Å²) in [7, 11) is 0. The molecular weight excluding hydrogens is 504 g/mol. The van der Waals surface area contributed by atoms with Gasteiger partial charge in [0, 0.05) is 5.75 Å². The monoisotopic (exact) mass is 544 g/mol. The van der Waals surface area contributed by atoms with Crippen molar-refractivity contribution >= 4 is 40.9 Å². The number of Topliss-reactive ketones (excluding diaryl/α,β-unsaturated/α-hetero) is 1. The minimum absolute atomic E-state index is 0.0272. The summed E-state index contributed by atoms with van der Waals surface area (Å²) in [6.45, 7) is 4.39. The topological polar surface area (TPSA) is 84.5 Å². The fourth-order valence-corrected chi connectivity index (χ4v) is 6.24. The van der Waals surface area contributed by atoms with Crippen LogP contribution in [0.1, 0.15) is 63.5 Å². The van der Waals surface area contributed by atoms with E-state index in [2.05, 4.69) is 22.1 Å². The van der Waals surface area contributed by atoms with Gasteiger partial charge in [0.05, 0.1) is 18.4 Å². The lowest BCUT2D eigenvalue weighted by atomic mass is 9.90. The van der Waals surface area contributed by atoms with E-state index in [9.17, 15) is 14.4 Å². The minimum Gasteiger partial charge on any atom is -0.449 e. The molecule has 3 rings (SSSR count). The molecule has 0 spiro atoms. The molecular formula is C29H40N2O4S2. The molecule has 1 aromatic carbocycles. The fraction of sp³-hybridized carbons (Fsp3) is 0.552. The molecule has 0 radical (unpaired) electrons. The third kappa shape index (κ3) is 10.9. The van der Waals surface area contributed by atoms with Crippen molar-refractivity contribution in [2.24, 2.45) is 11.8 Å². The molecule has 1 aliphatic rings. The Morgan fingerprint density at radius 1 is 1.00 bits per heavy atom. The molecule has 0 unspecified atom stereocenters. The van der Waals surface area contributed by atoms with Gasteiger partial charge in [-0.3, -0.25) is 9.59 Å². The number of alkyl carbamates (subject to hydrolysis) is 1. The second kappa shape index (κ2) is 15.8. The number of thioether (sulfide) groups is 1. The Morgan fingerprint density at radius 2 is 1.76 bits per heavy atom. The molecule has 37 heavy (non-hydrogen) atoms. The van der Waals surface area contributed by atoms with Gasteiger partial charge in [0.15, 0.2) is 5.78 Å². The Morgan fingerprint density at radius 3 is 2.43 bits per heavy atom. The second-order valence-corrected chi connectivity index (χ2v) is 12.0. The van der Waals surface area contributed by atoms with E-state index < -0.39 is 18.2 Å². The van der Waals surface area contributed by atoms with Crippen molar-refractivity contribution in [1.82, 2.24) is 10.6 Å². The molecule has 1 aliphatic carbocycles. The summed E-state index contributed by atoms with van der Waals surface area (Å²) in [5.74, 6) is 1.27. The van der Waals surface area contributed by atoms with Crippen molar-refractivity contribution in [3.8, 4) is 0 Å². The lowest BCUT2D eigenvalue weighted by Gasteiger charge is -2.25. The Labute approximate surface area is 229 Å². The maximum absolute atomic E-state index is 13.3. The first-order valence-corrected chi connectivity index (χ1v) is 15.4. The van der Waals surface area contributed by atoms with E-state index in [1.165, 1.54) is 24.8 Å². The molecule has 2 aromatic rings. The highest BCUT2D eigenvalue weighted by molar-refractivity contribution is 7.99. The number of rotatable bonds is 14. The maximum Gasteiger partial charge on any atom is 0.407 e. The van der Waals surface area contributed by atoms with Crippen LogP contribution in [0, 0.1) is 11.8 Å². The van der Waals surface area contributed by atoms with Crippen LogP contribution < -0.4 is 10.6 Å². The number of benzene rings is 1. The Balaban J connectivity index is 1.60. The number of carbonyl (C=O) groups excluding carboxylic acids is 3. The lowest BCUT2D eigenvalue weighted by molar-refractivity contribution is -0.128. The highest BCUT2D eigenvalue weighted by Gasteiger charge is 2.28. The molecule has 0 aliphatic heterocycles. The van der Waals surface area contributed by atoms with Crippen LogP contribution >= 0.6 is 23.1 Å². The molecule has 1 saturated carbocycles. The van der Waals surface area contributed by atoms with Crippen molar-refractivity contribution in [2.45, 2.75) is 76.6 Å². The third-order valence-corrected chi connectivity index (χ3v) is 8.33. The average Bonchev–Trinajstić information content (AvgIpc) is 3.41. The normalized spacial score (nSPS) is 15.6. The molecule has 0 saturated heterocycles. The summed E-state index contributed by atoms with van der Waals surface area (Å²) >= 11 is 3.19. The van der Waals surface area contributed by atoms with Gasteiger partial charge in [0.1, 0.15) is 6.04 Å². The summed E-state index contributed by atoms with van der Waals surface area (Å²) in [5.41, 5.74) is 2.17. The summed E-state index contributed by atoms with van der Waals surface area (Å²) < 4.78 is 5.48. The van der Waals surface area contributed by atoms with E-state index in [4.69, 9.17) is 4.74 Å². The van der Waals surface area contributed by atoms with Gasteiger partial charge in [0.2, 0.25) is 5.91 Å². The van der Waals surface area contributed by atoms with E-state index >= 15 is 0 Å². The van der Waals surface area contributed by atoms with Crippen LogP contribution in [0.25, 0.3) is 0 Å². The van der Waals surface area contributed by atoms with Gasteiger partial charge in [-0.15, -0.1) is 11.8 Å². The third-order valence-electron chi connectivity index (χ3n) is 6.57. The van der Waals surface area contributed by atoms with E-state index in [0.717, 1.165) is 24.2 Å². The second-order valence-electron chi connectivity index (χ2n) is 10.3. The van der Waals surface area contributed by atoms with Crippen LogP contribution in [0.3, 0.4) is 0 Å². The number of nitrogens with one attached hydrogen (secondary N) is 2. The highest BCUT2D eigenvalue weighted by atomic mass is 32.2. The van der Waals surface area contributed by atoms with Gasteiger partial charge in [-0.25, -0.2) is 4.79 Å². The van der Waals surface area contributed by atoms with Crippen molar-refractivity contribution in [1.29, 1.82) is 0 Å². The molecule has 1 aromatic heterocycles. The summed E-state index contributed by atoms with van der Waals surface area (Å²) in [5, 5.41) is 9.83. The number of carbonyl (C=O) groups is 3. The Hall–Kier alpha value is -2.32. The zero-order chi connectivity index (χ0) is 26.5. The van der Waals surface area contributed by atoms with Crippen LogP contribution in [-0.2, 0) is 26.5 Å². The first-order chi connectivity index (χ1) is 17.9. The number of ether oxygens (including phenoxy) is 1. The average molecular weight is 545 g/mol. The molecule has 2 atom stereocenters. The van der Waals surface area contributed by atoms with Gasteiger partial charge in [-0.2, -0.15) is 11.3 Å². The Bertz CT molecular complexity index is 960. The zero-order valence-corrected chi connectivity index (χ0v) is 23.6. The van der Waals surface area contributed by atoms with E-state index in [1.54, 1.807) is 23.1 Å². The summed E-state index contributed by atoms with van der Waals surface area (Å²) in [4.78, 5) is 39.1. The Kier molecular flexibility index (Phi) is 12.5. The predicted octanol–water partition coefficient (Wildman–Crippen LogP) is 6.00. The molecule has 2 N–H and O–H groups in total. The fourth-order valence-electron chi connectivity index (χ4n) is 4.55. The molecule has 0 bridgehead atoms. The minimum atomic E-state index is -0.761. The SMILES string of the molecule is CC(C)C[C@H](NC(=O)OCC1CCCCC1)C(=O)N[C@@H](Cc1ccccc1)C(=O)CSCc1ccsc1. The molecule has 1 fully saturated rings. The number of ketones is 1. The molecule has 8 heteroatoms. The molecule has 2 amide bonds. The first-order valence-electron chi connectivity index (χ1n) is 13.3.